The number of hydrogen-bond donors (Lipinski definition) is 4. The van der Waals surface area contributed by atoms with Crippen molar-refractivity contribution in [1.29, 1.82) is 0 Å². The van der Waals surface area contributed by atoms with Crippen LogP contribution in [0.2, 0.25) is 0 Å². The second kappa shape index (κ2) is 6.53. The molecule has 2 amide bonds. The molecule has 8 heteroatoms. The maximum Gasteiger partial charge on any atom is 0.319 e. The lowest BCUT2D eigenvalue weighted by atomic mass is 10.1. The Balaban J connectivity index is 2.52. The third kappa shape index (κ3) is 4.41. The molecular weight excluding hydrogens is 258 g/mol. The van der Waals surface area contributed by atoms with Crippen LogP contribution in [-0.4, -0.2) is 23.6 Å². The molecule has 0 aliphatic heterocycles. The zero-order chi connectivity index (χ0) is 14.4. The molecule has 1 aromatic rings. The van der Waals surface area contributed by atoms with Gasteiger partial charge in [0, 0.05) is 18.5 Å². The zero-order valence-corrected chi connectivity index (χ0v) is 10.2. The van der Waals surface area contributed by atoms with Crippen LogP contribution in [-0.2, 0) is 0 Å². The molecule has 0 spiro atoms. The van der Waals surface area contributed by atoms with Crippen molar-refractivity contribution in [2.24, 2.45) is 16.8 Å². The van der Waals surface area contributed by atoms with Gasteiger partial charge in [0.2, 0.25) is 0 Å². The molecule has 19 heavy (non-hydrogen) atoms. The summed E-state index contributed by atoms with van der Waals surface area (Å²) >= 11 is 0. The standard InChI is InChI=1S/C11H14F2N4O2/c1-6(10(14)17-19)5-15-11(18)16-9-3-2-7(12)4-8(9)13/h2-4,6,19H,5H2,1H3,(H2,14,17)(H2,15,16,18). The van der Waals surface area contributed by atoms with E-state index >= 15 is 0 Å². The molecule has 0 fully saturated rings. The summed E-state index contributed by atoms with van der Waals surface area (Å²) in [4.78, 5) is 11.4. The van der Waals surface area contributed by atoms with Crippen LogP contribution in [0.1, 0.15) is 6.92 Å². The highest BCUT2D eigenvalue weighted by Gasteiger charge is 2.11. The van der Waals surface area contributed by atoms with Gasteiger partial charge >= 0.3 is 6.03 Å². The van der Waals surface area contributed by atoms with E-state index in [0.29, 0.717) is 6.07 Å². The van der Waals surface area contributed by atoms with E-state index in [1.54, 1.807) is 6.92 Å². The Kier molecular flexibility index (Phi) is 5.04. The fourth-order valence-corrected chi connectivity index (χ4v) is 1.21. The largest absolute Gasteiger partial charge is 0.409 e. The number of carbonyl (C=O) groups excluding carboxylic acids is 1. The predicted octanol–water partition coefficient (Wildman–Crippen LogP) is 1.47. The number of nitrogens with one attached hydrogen (secondary N) is 2. The quantitative estimate of drug-likeness (QED) is 0.289. The molecule has 1 rings (SSSR count). The number of amidine groups is 1. The molecular formula is C11H14F2N4O2. The van der Waals surface area contributed by atoms with E-state index in [1.165, 1.54) is 0 Å². The smallest absolute Gasteiger partial charge is 0.319 e. The van der Waals surface area contributed by atoms with Gasteiger partial charge in [0.1, 0.15) is 17.5 Å². The molecule has 0 saturated heterocycles. The molecule has 0 heterocycles. The third-order valence-corrected chi connectivity index (χ3v) is 2.37. The number of amides is 2. The number of nitrogens with two attached hydrogens (primary N) is 1. The van der Waals surface area contributed by atoms with E-state index in [4.69, 9.17) is 10.9 Å². The maximum atomic E-state index is 13.2. The first-order valence-corrected chi connectivity index (χ1v) is 5.41. The number of carbonyl (C=O) groups is 1. The summed E-state index contributed by atoms with van der Waals surface area (Å²) in [6, 6.07) is 2.12. The molecule has 104 valence electrons. The van der Waals surface area contributed by atoms with Gasteiger partial charge in [-0.25, -0.2) is 13.6 Å². The van der Waals surface area contributed by atoms with Crippen LogP contribution in [0.3, 0.4) is 0 Å². The zero-order valence-electron chi connectivity index (χ0n) is 10.2. The number of rotatable bonds is 4. The lowest BCUT2D eigenvalue weighted by molar-refractivity contribution is 0.251. The normalized spacial score (nSPS) is 12.9. The van der Waals surface area contributed by atoms with Crippen LogP contribution >= 0.6 is 0 Å². The Morgan fingerprint density at radius 2 is 2.21 bits per heavy atom. The minimum absolute atomic E-state index is 0.0340. The molecule has 0 aliphatic carbocycles. The van der Waals surface area contributed by atoms with E-state index in [0.717, 1.165) is 12.1 Å². The predicted molar refractivity (Wildman–Crippen MR) is 66.0 cm³/mol. The topological polar surface area (TPSA) is 99.7 Å². The molecule has 0 aromatic heterocycles. The van der Waals surface area contributed by atoms with E-state index in [9.17, 15) is 13.6 Å². The maximum absolute atomic E-state index is 13.2. The Morgan fingerprint density at radius 1 is 1.53 bits per heavy atom. The van der Waals surface area contributed by atoms with E-state index in [1.807, 2.05) is 0 Å². The van der Waals surface area contributed by atoms with Crippen LogP contribution in [0.4, 0.5) is 19.3 Å². The molecule has 1 unspecified atom stereocenters. The summed E-state index contributed by atoms with van der Waals surface area (Å²) in [5.74, 6) is -2.02. The highest BCUT2D eigenvalue weighted by molar-refractivity contribution is 5.90. The average molecular weight is 272 g/mol. The Labute approximate surface area is 108 Å². The molecule has 0 aliphatic rings. The first-order chi connectivity index (χ1) is 8.93. The number of anilines is 1. The van der Waals surface area contributed by atoms with E-state index in [2.05, 4.69) is 15.8 Å². The van der Waals surface area contributed by atoms with Gasteiger partial charge in [-0.2, -0.15) is 0 Å². The summed E-state index contributed by atoms with van der Waals surface area (Å²) < 4.78 is 25.9. The van der Waals surface area contributed by atoms with Crippen molar-refractivity contribution in [3.8, 4) is 0 Å². The number of halogens is 2. The highest BCUT2D eigenvalue weighted by Crippen LogP contribution is 2.14. The van der Waals surface area contributed by atoms with Gasteiger partial charge < -0.3 is 21.6 Å². The van der Waals surface area contributed by atoms with E-state index < -0.39 is 17.7 Å². The first-order valence-electron chi connectivity index (χ1n) is 5.41. The van der Waals surface area contributed by atoms with Crippen molar-refractivity contribution < 1.29 is 18.8 Å². The molecule has 1 aromatic carbocycles. The summed E-state index contributed by atoms with van der Waals surface area (Å²) in [5, 5.41) is 15.8. The van der Waals surface area contributed by atoms with Gasteiger partial charge in [-0.05, 0) is 12.1 Å². The van der Waals surface area contributed by atoms with Crippen LogP contribution in [0.15, 0.2) is 23.4 Å². The van der Waals surface area contributed by atoms with Crippen molar-refractivity contribution in [2.75, 3.05) is 11.9 Å². The fourth-order valence-electron chi connectivity index (χ4n) is 1.21. The summed E-state index contributed by atoms with van der Waals surface area (Å²) in [6.07, 6.45) is 0. The molecule has 0 radical (unpaired) electrons. The number of hydrogen-bond acceptors (Lipinski definition) is 3. The Bertz CT molecular complexity index is 494. The highest BCUT2D eigenvalue weighted by atomic mass is 19.1. The van der Waals surface area contributed by atoms with Gasteiger partial charge in [0.05, 0.1) is 5.69 Å². The van der Waals surface area contributed by atoms with Gasteiger partial charge in [-0.15, -0.1) is 0 Å². The van der Waals surface area contributed by atoms with Gasteiger partial charge in [-0.3, -0.25) is 0 Å². The molecule has 0 bridgehead atoms. The minimum Gasteiger partial charge on any atom is -0.409 e. The average Bonchev–Trinajstić information content (AvgIpc) is 2.38. The van der Waals surface area contributed by atoms with Gasteiger partial charge in [0.15, 0.2) is 0 Å². The summed E-state index contributed by atoms with van der Waals surface area (Å²) in [6.45, 7) is 1.73. The number of urea groups is 1. The van der Waals surface area contributed by atoms with Gasteiger partial charge in [0.25, 0.3) is 0 Å². The molecule has 0 saturated carbocycles. The van der Waals surface area contributed by atoms with Crippen molar-refractivity contribution in [1.82, 2.24) is 5.32 Å². The molecule has 1 atom stereocenters. The SMILES string of the molecule is CC(CNC(=O)Nc1ccc(F)cc1F)C(N)=NO. The minimum atomic E-state index is -0.875. The van der Waals surface area contributed by atoms with Crippen molar-refractivity contribution >= 4 is 17.6 Å². The summed E-state index contributed by atoms with van der Waals surface area (Å²) in [5.41, 5.74) is 5.18. The number of benzene rings is 1. The molecule has 5 N–H and O–H groups in total. The lowest BCUT2D eigenvalue weighted by Crippen LogP contribution is -2.37. The second-order valence-corrected chi connectivity index (χ2v) is 3.89. The van der Waals surface area contributed by atoms with Crippen LogP contribution in [0.25, 0.3) is 0 Å². The van der Waals surface area contributed by atoms with Crippen LogP contribution in [0.5, 0.6) is 0 Å². The molecule has 6 nitrogen and oxygen atoms in total. The van der Waals surface area contributed by atoms with Gasteiger partial charge in [-0.1, -0.05) is 12.1 Å². The number of oxime groups is 1. The van der Waals surface area contributed by atoms with Crippen molar-refractivity contribution in [2.45, 2.75) is 6.92 Å². The van der Waals surface area contributed by atoms with Crippen LogP contribution < -0.4 is 16.4 Å². The lowest BCUT2D eigenvalue weighted by Gasteiger charge is -2.12. The second-order valence-electron chi connectivity index (χ2n) is 3.89. The van der Waals surface area contributed by atoms with E-state index in [-0.39, 0.29) is 24.0 Å². The number of nitrogens with zero attached hydrogens (tertiary/aromatic N) is 1. The van der Waals surface area contributed by atoms with Crippen molar-refractivity contribution in [3.05, 3.63) is 29.8 Å². The van der Waals surface area contributed by atoms with Crippen molar-refractivity contribution in [3.63, 3.8) is 0 Å². The Morgan fingerprint density at radius 3 is 2.79 bits per heavy atom. The summed E-state index contributed by atoms with van der Waals surface area (Å²) in [7, 11) is 0. The Hall–Kier alpha value is -2.38. The fraction of sp³-hybridized carbons (Fsp3) is 0.273. The monoisotopic (exact) mass is 272 g/mol. The third-order valence-electron chi connectivity index (χ3n) is 2.37. The van der Waals surface area contributed by atoms with Crippen LogP contribution in [0, 0.1) is 17.6 Å². The first kappa shape index (κ1) is 14.7.